The second-order valence-electron chi connectivity index (χ2n) is 3.29. The fraction of sp³-hybridized carbons (Fsp3) is 0.273. The van der Waals surface area contributed by atoms with E-state index in [0.717, 1.165) is 0 Å². The number of oxime groups is 1. The van der Waals surface area contributed by atoms with Crippen LogP contribution in [0.2, 0.25) is 0 Å². The molecule has 0 atom stereocenters. The number of hydrogen-bond acceptors (Lipinski definition) is 3. The fourth-order valence-electron chi connectivity index (χ4n) is 0.979. The molecule has 0 bridgehead atoms. The highest BCUT2D eigenvalue weighted by Gasteiger charge is 2.11. The Morgan fingerprint density at radius 2 is 1.93 bits per heavy atom. The highest BCUT2D eigenvalue weighted by Crippen LogP contribution is 2.03. The molecule has 1 radical (unpaired) electrons. The third kappa shape index (κ3) is 3.42. The molecule has 0 aliphatic rings. The first-order valence-corrected chi connectivity index (χ1v) is 4.66. The maximum absolute atomic E-state index is 11.0. The van der Waals surface area contributed by atoms with Crippen LogP contribution in [0.5, 0.6) is 0 Å². The monoisotopic (exact) mass is 205 g/mol. The molecule has 79 valence electrons. The van der Waals surface area contributed by atoms with Crippen molar-refractivity contribution in [2.45, 2.75) is 20.0 Å². The van der Waals surface area contributed by atoms with Crippen molar-refractivity contribution in [2.24, 2.45) is 5.16 Å². The second-order valence-corrected chi connectivity index (χ2v) is 3.29. The van der Waals surface area contributed by atoms with Gasteiger partial charge in [-0.05, 0) is 13.8 Å². The van der Waals surface area contributed by atoms with Gasteiger partial charge in [-0.3, -0.25) is 10.5 Å². The van der Waals surface area contributed by atoms with Crippen LogP contribution >= 0.6 is 0 Å². The van der Waals surface area contributed by atoms with E-state index in [1.807, 2.05) is 6.07 Å². The van der Waals surface area contributed by atoms with Gasteiger partial charge < -0.3 is 4.84 Å². The van der Waals surface area contributed by atoms with Gasteiger partial charge in [-0.2, -0.15) is 0 Å². The molecule has 0 aliphatic heterocycles. The second kappa shape index (κ2) is 5.14. The Labute approximate surface area is 88.7 Å². The summed E-state index contributed by atoms with van der Waals surface area (Å²) in [4.78, 5) is 16.0. The van der Waals surface area contributed by atoms with Crippen LogP contribution in [0, 0.1) is 0 Å². The molecule has 0 saturated carbocycles. The van der Waals surface area contributed by atoms with Gasteiger partial charge in [-0.25, -0.2) is 0 Å². The number of carbonyl (C=O) groups is 1. The number of rotatable bonds is 4. The molecule has 1 aromatic rings. The predicted octanol–water partition coefficient (Wildman–Crippen LogP) is 1.63. The van der Waals surface area contributed by atoms with Crippen molar-refractivity contribution in [1.29, 1.82) is 0 Å². The van der Waals surface area contributed by atoms with Crippen LogP contribution in [0.3, 0.4) is 0 Å². The van der Waals surface area contributed by atoms with E-state index < -0.39 is 5.91 Å². The van der Waals surface area contributed by atoms with Crippen LogP contribution in [-0.2, 0) is 9.63 Å². The molecule has 1 aromatic carbocycles. The summed E-state index contributed by atoms with van der Waals surface area (Å²) in [6, 6.07) is 8.83. The molecular formula is C11H13N2O2. The van der Waals surface area contributed by atoms with Crippen LogP contribution in [0.1, 0.15) is 19.4 Å². The third-order valence-corrected chi connectivity index (χ3v) is 1.62. The molecule has 0 heterocycles. The van der Waals surface area contributed by atoms with Crippen molar-refractivity contribution in [2.75, 3.05) is 0 Å². The molecule has 0 spiro atoms. The molecule has 0 unspecified atom stereocenters. The molecule has 1 amide bonds. The van der Waals surface area contributed by atoms with E-state index >= 15 is 0 Å². The first-order valence-electron chi connectivity index (χ1n) is 4.66. The van der Waals surface area contributed by atoms with Crippen molar-refractivity contribution in [3.63, 3.8) is 0 Å². The Hall–Kier alpha value is -1.84. The quantitative estimate of drug-likeness (QED) is 0.554. The lowest BCUT2D eigenvalue weighted by atomic mass is 10.1. The first-order chi connectivity index (χ1) is 7.11. The molecule has 4 heteroatoms. The summed E-state index contributed by atoms with van der Waals surface area (Å²) in [7, 11) is 0. The van der Waals surface area contributed by atoms with Gasteiger partial charge in [-0.1, -0.05) is 35.5 Å². The Morgan fingerprint density at radius 3 is 2.40 bits per heavy atom. The lowest BCUT2D eigenvalue weighted by Gasteiger charge is -2.04. The van der Waals surface area contributed by atoms with Crippen LogP contribution in [0.15, 0.2) is 35.5 Å². The minimum atomic E-state index is -0.846. The van der Waals surface area contributed by atoms with Gasteiger partial charge in [0.15, 0.2) is 5.71 Å². The summed E-state index contributed by atoms with van der Waals surface area (Å²) in [5, 5.41) is 3.67. The van der Waals surface area contributed by atoms with Crippen LogP contribution in [0.25, 0.3) is 0 Å². The zero-order chi connectivity index (χ0) is 11.3. The SMILES string of the molecule is CC(C)O/N=C(\C([NH])=O)c1ccccc1. The molecule has 1 N–H and O–H groups in total. The molecule has 0 saturated heterocycles. The fourth-order valence-corrected chi connectivity index (χ4v) is 0.979. The molecule has 0 aromatic heterocycles. The molecule has 0 aliphatic carbocycles. The number of amides is 1. The van der Waals surface area contributed by atoms with E-state index in [-0.39, 0.29) is 11.8 Å². The van der Waals surface area contributed by atoms with E-state index in [2.05, 4.69) is 5.16 Å². The minimum absolute atomic E-state index is 0.0318. The molecular weight excluding hydrogens is 192 g/mol. The normalized spacial score (nSPS) is 11.5. The average Bonchev–Trinajstić information content (AvgIpc) is 2.18. The van der Waals surface area contributed by atoms with Crippen molar-refractivity contribution < 1.29 is 9.63 Å². The van der Waals surface area contributed by atoms with Crippen LogP contribution < -0.4 is 5.73 Å². The van der Waals surface area contributed by atoms with Crippen LogP contribution in [-0.4, -0.2) is 17.7 Å². The average molecular weight is 205 g/mol. The molecule has 1 rings (SSSR count). The molecule has 4 nitrogen and oxygen atoms in total. The maximum Gasteiger partial charge on any atom is 0.292 e. The van der Waals surface area contributed by atoms with Gasteiger partial charge in [0.05, 0.1) is 0 Å². The van der Waals surface area contributed by atoms with E-state index in [0.29, 0.717) is 5.56 Å². The van der Waals surface area contributed by atoms with Gasteiger partial charge in [0.1, 0.15) is 6.10 Å². The van der Waals surface area contributed by atoms with E-state index in [4.69, 9.17) is 10.6 Å². The third-order valence-electron chi connectivity index (χ3n) is 1.62. The van der Waals surface area contributed by atoms with Crippen LogP contribution in [0.4, 0.5) is 0 Å². The lowest BCUT2D eigenvalue weighted by molar-refractivity contribution is -0.112. The Balaban J connectivity index is 2.94. The highest BCUT2D eigenvalue weighted by molar-refractivity contribution is 6.44. The van der Waals surface area contributed by atoms with Gasteiger partial charge in [0.25, 0.3) is 5.91 Å². The number of hydrogen-bond donors (Lipinski definition) is 0. The minimum Gasteiger partial charge on any atom is -0.392 e. The number of nitrogens with zero attached hydrogens (tertiary/aromatic N) is 1. The smallest absolute Gasteiger partial charge is 0.292 e. The van der Waals surface area contributed by atoms with Gasteiger partial charge >= 0.3 is 0 Å². The Kier molecular flexibility index (Phi) is 3.85. The van der Waals surface area contributed by atoms with Crippen molar-refractivity contribution in [3.8, 4) is 0 Å². The van der Waals surface area contributed by atoms with Crippen molar-refractivity contribution in [1.82, 2.24) is 5.73 Å². The summed E-state index contributed by atoms with van der Waals surface area (Å²) >= 11 is 0. The zero-order valence-electron chi connectivity index (χ0n) is 8.73. The van der Waals surface area contributed by atoms with E-state index in [1.54, 1.807) is 38.1 Å². The molecule has 0 fully saturated rings. The lowest BCUT2D eigenvalue weighted by Crippen LogP contribution is -2.17. The summed E-state index contributed by atoms with van der Waals surface area (Å²) in [5.41, 5.74) is 7.69. The number of benzene rings is 1. The van der Waals surface area contributed by atoms with Crippen molar-refractivity contribution in [3.05, 3.63) is 35.9 Å². The van der Waals surface area contributed by atoms with Gasteiger partial charge in [0.2, 0.25) is 0 Å². The number of carbonyl (C=O) groups excluding carboxylic acids is 1. The molecule has 15 heavy (non-hydrogen) atoms. The highest BCUT2D eigenvalue weighted by atomic mass is 16.6. The maximum atomic E-state index is 11.0. The van der Waals surface area contributed by atoms with Gasteiger partial charge in [0, 0.05) is 5.56 Å². The summed E-state index contributed by atoms with van der Waals surface area (Å²) in [5.74, 6) is -0.846. The van der Waals surface area contributed by atoms with E-state index in [9.17, 15) is 4.79 Å². The topological polar surface area (TPSA) is 62.5 Å². The Morgan fingerprint density at radius 1 is 1.33 bits per heavy atom. The largest absolute Gasteiger partial charge is 0.392 e. The Bertz CT molecular complexity index is 358. The summed E-state index contributed by atoms with van der Waals surface area (Å²) in [6.45, 7) is 3.61. The zero-order valence-corrected chi connectivity index (χ0v) is 8.73. The summed E-state index contributed by atoms with van der Waals surface area (Å²) < 4.78 is 0. The van der Waals surface area contributed by atoms with Gasteiger partial charge in [-0.15, -0.1) is 0 Å². The van der Waals surface area contributed by atoms with Crippen molar-refractivity contribution >= 4 is 11.6 Å². The predicted molar refractivity (Wildman–Crippen MR) is 57.3 cm³/mol. The standard InChI is InChI=1S/C11H13N2O2/c1-8(2)15-13-10(11(12)14)9-6-4-3-5-7-9/h3-8,12H,1-2H3/b13-10-. The van der Waals surface area contributed by atoms with E-state index in [1.165, 1.54) is 0 Å². The number of nitrogens with one attached hydrogen (secondary N) is 1. The summed E-state index contributed by atoms with van der Waals surface area (Å²) in [6.07, 6.45) is -0.108. The first kappa shape index (κ1) is 11.2.